The molecule has 0 saturated carbocycles. The number of carbonyl (C=O) groups excluding carboxylic acids is 1. The van der Waals surface area contributed by atoms with Crippen molar-refractivity contribution in [2.45, 2.75) is 19.9 Å². The molecule has 7 nitrogen and oxygen atoms in total. The van der Waals surface area contributed by atoms with Crippen LogP contribution in [0.1, 0.15) is 34.6 Å². The van der Waals surface area contributed by atoms with E-state index in [0.717, 1.165) is 16.3 Å². The van der Waals surface area contributed by atoms with Crippen LogP contribution >= 0.6 is 0 Å². The van der Waals surface area contributed by atoms with Gasteiger partial charge in [-0.05, 0) is 42.3 Å². The lowest BCUT2D eigenvalue weighted by Crippen LogP contribution is -2.27. The van der Waals surface area contributed by atoms with Crippen LogP contribution in [-0.2, 0) is 0 Å². The van der Waals surface area contributed by atoms with Crippen LogP contribution in [0.3, 0.4) is 0 Å². The smallest absolute Gasteiger partial charge is 0.264 e. The average Bonchev–Trinajstić information content (AvgIpc) is 3.09. The van der Waals surface area contributed by atoms with E-state index in [-0.39, 0.29) is 17.5 Å². The second-order valence-corrected chi connectivity index (χ2v) is 6.64. The number of carbonyl (C=O) groups is 1. The number of hydrogen-bond acceptors (Lipinski definition) is 4. The Morgan fingerprint density at radius 2 is 1.89 bits per heavy atom. The lowest BCUT2D eigenvalue weighted by atomic mass is 10.0. The van der Waals surface area contributed by atoms with Crippen molar-refractivity contribution < 1.29 is 4.79 Å². The number of nitrogens with zero attached hydrogens (tertiary/aromatic N) is 3. The van der Waals surface area contributed by atoms with Gasteiger partial charge in [-0.3, -0.25) is 9.59 Å². The van der Waals surface area contributed by atoms with E-state index in [4.69, 9.17) is 0 Å². The molecule has 2 heterocycles. The van der Waals surface area contributed by atoms with E-state index in [0.29, 0.717) is 17.1 Å². The number of aromatic amines is 1. The summed E-state index contributed by atoms with van der Waals surface area (Å²) in [7, 11) is 0. The summed E-state index contributed by atoms with van der Waals surface area (Å²) in [5, 5.41) is 15.9. The highest BCUT2D eigenvalue weighted by atomic mass is 16.1. The highest BCUT2D eigenvalue weighted by molar-refractivity contribution is 5.95. The summed E-state index contributed by atoms with van der Waals surface area (Å²) < 4.78 is 1.52. The van der Waals surface area contributed by atoms with Crippen molar-refractivity contribution >= 4 is 16.7 Å². The van der Waals surface area contributed by atoms with E-state index in [2.05, 4.69) is 44.9 Å². The van der Waals surface area contributed by atoms with Crippen molar-refractivity contribution in [2.24, 2.45) is 0 Å². The van der Waals surface area contributed by atoms with Crippen molar-refractivity contribution in [2.75, 3.05) is 0 Å². The monoisotopic (exact) mass is 373 g/mol. The predicted octanol–water partition coefficient (Wildman–Crippen LogP) is 2.91. The van der Waals surface area contributed by atoms with Gasteiger partial charge in [0.2, 0.25) is 0 Å². The van der Waals surface area contributed by atoms with Gasteiger partial charge in [-0.2, -0.15) is 10.2 Å². The molecular weight excluding hydrogens is 354 g/mol. The van der Waals surface area contributed by atoms with Crippen LogP contribution in [0.2, 0.25) is 0 Å². The third kappa shape index (κ3) is 3.29. The molecule has 0 aliphatic rings. The standard InChI is InChI=1S/C21H19N5O2/c1-13(16-8-7-15-5-3-4-6-17(15)11-16)23-21(28)18-12-22-26(14(18)2)19-9-10-20(27)25-24-19/h3-13H,1-2H3,(H,23,28)(H,25,27). The molecule has 2 N–H and O–H groups in total. The largest absolute Gasteiger partial charge is 0.345 e. The van der Waals surface area contributed by atoms with Gasteiger partial charge in [0.25, 0.3) is 11.5 Å². The van der Waals surface area contributed by atoms with Gasteiger partial charge >= 0.3 is 0 Å². The molecule has 0 radical (unpaired) electrons. The second kappa shape index (κ2) is 7.11. The molecule has 1 unspecified atom stereocenters. The Kier molecular flexibility index (Phi) is 4.49. The first kappa shape index (κ1) is 17.7. The van der Waals surface area contributed by atoms with Gasteiger partial charge in [-0.1, -0.05) is 36.4 Å². The topological polar surface area (TPSA) is 92.7 Å². The lowest BCUT2D eigenvalue weighted by Gasteiger charge is -2.15. The zero-order valence-corrected chi connectivity index (χ0v) is 15.5. The molecule has 1 atom stereocenters. The van der Waals surface area contributed by atoms with Gasteiger partial charge in [0, 0.05) is 6.07 Å². The maximum Gasteiger partial charge on any atom is 0.264 e. The van der Waals surface area contributed by atoms with Crippen LogP contribution in [0.5, 0.6) is 0 Å². The summed E-state index contributed by atoms with van der Waals surface area (Å²) >= 11 is 0. The van der Waals surface area contributed by atoms with E-state index < -0.39 is 0 Å². The Morgan fingerprint density at radius 1 is 1.11 bits per heavy atom. The van der Waals surface area contributed by atoms with Gasteiger partial charge < -0.3 is 5.32 Å². The fraction of sp³-hybridized carbons (Fsp3) is 0.143. The SMILES string of the molecule is Cc1c(C(=O)NC(C)c2ccc3ccccc3c2)cnn1-c1ccc(=O)[nH]n1. The quantitative estimate of drug-likeness (QED) is 0.575. The molecule has 0 aliphatic carbocycles. The number of nitrogens with one attached hydrogen (secondary N) is 2. The Morgan fingerprint density at radius 3 is 2.64 bits per heavy atom. The fourth-order valence-corrected chi connectivity index (χ4v) is 3.15. The number of benzene rings is 2. The van der Waals surface area contributed by atoms with Crippen LogP contribution in [0.15, 0.2) is 65.6 Å². The number of hydrogen-bond donors (Lipinski definition) is 2. The molecule has 28 heavy (non-hydrogen) atoms. The summed E-state index contributed by atoms with van der Waals surface area (Å²) in [5.41, 5.74) is 1.83. The summed E-state index contributed by atoms with van der Waals surface area (Å²) in [4.78, 5) is 23.9. The molecule has 4 rings (SSSR count). The van der Waals surface area contributed by atoms with E-state index in [1.165, 1.54) is 16.9 Å². The summed E-state index contributed by atoms with van der Waals surface area (Å²) in [6, 6.07) is 17.0. The van der Waals surface area contributed by atoms with Gasteiger partial charge in [0.15, 0.2) is 5.82 Å². The Hall–Kier alpha value is -3.74. The summed E-state index contributed by atoms with van der Waals surface area (Å²) in [6.07, 6.45) is 1.50. The van der Waals surface area contributed by atoms with E-state index >= 15 is 0 Å². The lowest BCUT2D eigenvalue weighted by molar-refractivity contribution is 0.0939. The molecule has 2 aromatic heterocycles. The van der Waals surface area contributed by atoms with Crippen LogP contribution in [0, 0.1) is 6.92 Å². The van der Waals surface area contributed by atoms with E-state index in [1.54, 1.807) is 13.0 Å². The van der Waals surface area contributed by atoms with Crippen molar-refractivity contribution in [3.63, 3.8) is 0 Å². The number of aromatic nitrogens is 4. The van der Waals surface area contributed by atoms with Crippen molar-refractivity contribution in [1.82, 2.24) is 25.3 Å². The van der Waals surface area contributed by atoms with Crippen LogP contribution in [-0.4, -0.2) is 25.9 Å². The maximum absolute atomic E-state index is 12.8. The zero-order chi connectivity index (χ0) is 19.7. The Balaban J connectivity index is 1.56. The van der Waals surface area contributed by atoms with E-state index in [9.17, 15) is 9.59 Å². The highest BCUT2D eigenvalue weighted by Gasteiger charge is 2.18. The van der Waals surface area contributed by atoms with Crippen LogP contribution in [0.4, 0.5) is 0 Å². The minimum absolute atomic E-state index is 0.161. The molecule has 4 aromatic rings. The van der Waals surface area contributed by atoms with Gasteiger partial charge in [0.05, 0.1) is 23.5 Å². The maximum atomic E-state index is 12.8. The fourth-order valence-electron chi connectivity index (χ4n) is 3.15. The van der Waals surface area contributed by atoms with Crippen LogP contribution in [0.25, 0.3) is 16.6 Å². The number of fused-ring (bicyclic) bond motifs is 1. The number of H-pyrrole nitrogens is 1. The first-order valence-electron chi connectivity index (χ1n) is 8.93. The molecule has 2 aromatic carbocycles. The normalized spacial score (nSPS) is 12.1. The minimum Gasteiger partial charge on any atom is -0.345 e. The summed E-state index contributed by atoms with van der Waals surface area (Å²) in [5.74, 6) is 0.229. The summed E-state index contributed by atoms with van der Waals surface area (Å²) in [6.45, 7) is 3.74. The molecule has 0 spiro atoms. The van der Waals surface area contributed by atoms with Crippen molar-refractivity contribution in [3.8, 4) is 5.82 Å². The molecular formula is C21H19N5O2. The minimum atomic E-state index is -0.296. The molecule has 1 amide bonds. The van der Waals surface area contributed by atoms with E-state index in [1.807, 2.05) is 25.1 Å². The first-order chi connectivity index (χ1) is 13.5. The van der Waals surface area contributed by atoms with Crippen LogP contribution < -0.4 is 10.9 Å². The molecule has 0 bridgehead atoms. The predicted molar refractivity (Wildman–Crippen MR) is 107 cm³/mol. The Bertz CT molecular complexity index is 1200. The molecule has 140 valence electrons. The van der Waals surface area contributed by atoms with Gasteiger partial charge in [-0.25, -0.2) is 9.78 Å². The molecule has 0 aliphatic heterocycles. The molecule has 0 fully saturated rings. The highest BCUT2D eigenvalue weighted by Crippen LogP contribution is 2.21. The Labute approximate surface area is 161 Å². The zero-order valence-electron chi connectivity index (χ0n) is 15.5. The number of amides is 1. The molecule has 7 heteroatoms. The third-order valence-electron chi connectivity index (χ3n) is 4.76. The van der Waals surface area contributed by atoms with Crippen molar-refractivity contribution in [3.05, 3.63) is 88.0 Å². The van der Waals surface area contributed by atoms with Gasteiger partial charge in [-0.15, -0.1) is 0 Å². The second-order valence-electron chi connectivity index (χ2n) is 6.64. The first-order valence-corrected chi connectivity index (χ1v) is 8.93. The number of rotatable bonds is 4. The van der Waals surface area contributed by atoms with Gasteiger partial charge in [0.1, 0.15) is 0 Å². The molecule has 0 saturated heterocycles. The van der Waals surface area contributed by atoms with Crippen molar-refractivity contribution in [1.29, 1.82) is 0 Å². The average molecular weight is 373 g/mol. The third-order valence-corrected chi connectivity index (χ3v) is 4.76.